The molecule has 2 heterocycles. The van der Waals surface area contributed by atoms with Gasteiger partial charge < -0.3 is 19.9 Å². The molecular weight excluding hydrogens is 292 g/mol. The van der Waals surface area contributed by atoms with Crippen LogP contribution in [0.2, 0.25) is 0 Å². The Bertz CT molecular complexity index is 639. The van der Waals surface area contributed by atoms with E-state index >= 15 is 0 Å². The van der Waals surface area contributed by atoms with Crippen LogP contribution in [-0.4, -0.2) is 44.8 Å². The first-order chi connectivity index (χ1) is 11.2. The van der Waals surface area contributed by atoms with Gasteiger partial charge in [-0.1, -0.05) is 12.1 Å². The number of likely N-dealkylation sites (tertiary alicyclic amines) is 1. The fourth-order valence-corrected chi connectivity index (χ4v) is 2.99. The number of aliphatic hydroxyl groups is 1. The van der Waals surface area contributed by atoms with E-state index in [1.54, 1.807) is 17.4 Å². The second-order valence-corrected chi connectivity index (χ2v) is 5.90. The Balaban J connectivity index is 1.64. The number of urea groups is 1. The van der Waals surface area contributed by atoms with Crippen molar-refractivity contribution in [1.82, 2.24) is 19.8 Å². The molecule has 2 atom stereocenters. The number of aromatic nitrogens is 2. The van der Waals surface area contributed by atoms with Gasteiger partial charge in [0.1, 0.15) is 0 Å². The molecule has 3 rings (SSSR count). The molecule has 6 heteroatoms. The summed E-state index contributed by atoms with van der Waals surface area (Å²) in [6, 6.07) is 7.79. The number of amides is 2. The molecule has 0 saturated carbocycles. The topological polar surface area (TPSA) is 70.4 Å². The summed E-state index contributed by atoms with van der Waals surface area (Å²) in [5.41, 5.74) is 2.08. The van der Waals surface area contributed by atoms with Gasteiger partial charge in [0.2, 0.25) is 0 Å². The maximum absolute atomic E-state index is 12.3. The van der Waals surface area contributed by atoms with Crippen LogP contribution in [0.5, 0.6) is 0 Å². The van der Waals surface area contributed by atoms with Gasteiger partial charge in [-0.05, 0) is 37.5 Å². The van der Waals surface area contributed by atoms with Gasteiger partial charge in [0, 0.05) is 24.6 Å². The number of nitrogens with zero attached hydrogens (tertiary/aromatic N) is 3. The first-order valence-electron chi connectivity index (χ1n) is 7.95. The van der Waals surface area contributed by atoms with Crippen molar-refractivity contribution in [3.8, 4) is 5.69 Å². The molecule has 0 bridgehead atoms. The standard InChI is InChI=1S/C17H22N4O2/c1-13(19-17(23)21-9-2-3-16(21)11-22)14-4-6-15(7-5-14)20-10-8-18-12-20/h4-8,10,12-13,16,22H,2-3,9,11H2,1H3,(H,19,23). The van der Waals surface area contributed by atoms with Gasteiger partial charge in [-0.2, -0.15) is 0 Å². The summed E-state index contributed by atoms with van der Waals surface area (Å²) in [5.74, 6) is 0. The molecule has 0 aliphatic carbocycles. The summed E-state index contributed by atoms with van der Waals surface area (Å²) >= 11 is 0. The van der Waals surface area contributed by atoms with Gasteiger partial charge in [-0.3, -0.25) is 0 Å². The molecule has 0 radical (unpaired) electrons. The second-order valence-electron chi connectivity index (χ2n) is 5.90. The number of benzene rings is 1. The number of hydrogen-bond acceptors (Lipinski definition) is 3. The molecule has 1 saturated heterocycles. The average Bonchev–Trinajstić information content (AvgIpc) is 3.26. The molecule has 1 aromatic carbocycles. The van der Waals surface area contributed by atoms with E-state index in [1.165, 1.54) is 0 Å². The molecule has 6 nitrogen and oxygen atoms in total. The molecule has 1 aliphatic rings. The Kier molecular flexibility index (Phi) is 4.62. The van der Waals surface area contributed by atoms with E-state index in [9.17, 15) is 9.90 Å². The molecule has 2 unspecified atom stereocenters. The van der Waals surface area contributed by atoms with Crippen molar-refractivity contribution in [2.75, 3.05) is 13.2 Å². The van der Waals surface area contributed by atoms with Crippen molar-refractivity contribution in [2.24, 2.45) is 0 Å². The SMILES string of the molecule is CC(NC(=O)N1CCCC1CO)c1ccc(-n2ccnc2)cc1. The van der Waals surface area contributed by atoms with E-state index in [0.29, 0.717) is 6.54 Å². The lowest BCUT2D eigenvalue weighted by molar-refractivity contribution is 0.155. The van der Waals surface area contributed by atoms with E-state index in [-0.39, 0.29) is 24.7 Å². The first kappa shape index (κ1) is 15.6. The van der Waals surface area contributed by atoms with Gasteiger partial charge >= 0.3 is 6.03 Å². The van der Waals surface area contributed by atoms with E-state index in [0.717, 1.165) is 24.1 Å². The zero-order valence-corrected chi connectivity index (χ0v) is 13.2. The Hall–Kier alpha value is -2.34. The van der Waals surface area contributed by atoms with Gasteiger partial charge in [0.05, 0.1) is 25.0 Å². The number of carbonyl (C=O) groups is 1. The van der Waals surface area contributed by atoms with Crippen LogP contribution >= 0.6 is 0 Å². The lowest BCUT2D eigenvalue weighted by atomic mass is 10.1. The van der Waals surface area contributed by atoms with E-state index in [4.69, 9.17) is 0 Å². The third-order valence-electron chi connectivity index (χ3n) is 4.38. The van der Waals surface area contributed by atoms with Gasteiger partial charge in [0.25, 0.3) is 0 Å². The highest BCUT2D eigenvalue weighted by molar-refractivity contribution is 5.75. The van der Waals surface area contributed by atoms with Gasteiger partial charge in [-0.15, -0.1) is 0 Å². The summed E-state index contributed by atoms with van der Waals surface area (Å²) in [4.78, 5) is 18.1. The van der Waals surface area contributed by atoms with Crippen molar-refractivity contribution in [3.63, 3.8) is 0 Å². The van der Waals surface area contributed by atoms with E-state index in [2.05, 4.69) is 10.3 Å². The first-order valence-corrected chi connectivity index (χ1v) is 7.95. The Morgan fingerprint density at radius 2 is 2.22 bits per heavy atom. The van der Waals surface area contributed by atoms with Crippen molar-refractivity contribution in [2.45, 2.75) is 31.8 Å². The molecule has 2 amide bonds. The fraction of sp³-hybridized carbons (Fsp3) is 0.412. The zero-order chi connectivity index (χ0) is 16.2. The largest absolute Gasteiger partial charge is 0.394 e. The monoisotopic (exact) mass is 314 g/mol. The maximum atomic E-state index is 12.3. The van der Waals surface area contributed by atoms with Crippen LogP contribution in [0.25, 0.3) is 5.69 Å². The van der Waals surface area contributed by atoms with Crippen LogP contribution in [0.4, 0.5) is 4.79 Å². The van der Waals surface area contributed by atoms with Crippen LogP contribution in [0.15, 0.2) is 43.0 Å². The number of carbonyl (C=O) groups excluding carboxylic acids is 1. The van der Waals surface area contributed by atoms with Crippen molar-refractivity contribution < 1.29 is 9.90 Å². The number of aliphatic hydroxyl groups excluding tert-OH is 1. The number of hydrogen-bond donors (Lipinski definition) is 2. The quantitative estimate of drug-likeness (QED) is 0.908. The van der Waals surface area contributed by atoms with Crippen LogP contribution in [0, 0.1) is 0 Å². The third kappa shape index (κ3) is 3.37. The van der Waals surface area contributed by atoms with Crippen molar-refractivity contribution in [1.29, 1.82) is 0 Å². The molecule has 23 heavy (non-hydrogen) atoms. The highest BCUT2D eigenvalue weighted by atomic mass is 16.3. The van der Waals surface area contributed by atoms with E-state index < -0.39 is 0 Å². The molecular formula is C17H22N4O2. The molecule has 2 N–H and O–H groups in total. The predicted molar refractivity (Wildman–Crippen MR) is 87.3 cm³/mol. The Morgan fingerprint density at radius 1 is 1.43 bits per heavy atom. The fourth-order valence-electron chi connectivity index (χ4n) is 2.99. The summed E-state index contributed by atoms with van der Waals surface area (Å²) in [7, 11) is 0. The van der Waals surface area contributed by atoms with Gasteiger partial charge in [0.15, 0.2) is 0 Å². The smallest absolute Gasteiger partial charge is 0.318 e. The number of rotatable bonds is 4. The number of imidazole rings is 1. The van der Waals surface area contributed by atoms with Crippen LogP contribution < -0.4 is 5.32 Å². The molecule has 1 fully saturated rings. The maximum Gasteiger partial charge on any atom is 0.318 e. The highest BCUT2D eigenvalue weighted by Gasteiger charge is 2.28. The van der Waals surface area contributed by atoms with Gasteiger partial charge in [-0.25, -0.2) is 9.78 Å². The van der Waals surface area contributed by atoms with Crippen molar-refractivity contribution in [3.05, 3.63) is 48.5 Å². The Morgan fingerprint density at radius 3 is 2.87 bits per heavy atom. The van der Waals surface area contributed by atoms with Crippen molar-refractivity contribution >= 4 is 6.03 Å². The lowest BCUT2D eigenvalue weighted by Crippen LogP contribution is -2.44. The minimum atomic E-state index is -0.104. The second kappa shape index (κ2) is 6.83. The molecule has 122 valence electrons. The zero-order valence-electron chi connectivity index (χ0n) is 13.2. The minimum absolute atomic E-state index is 0.0292. The normalized spacial score (nSPS) is 18.9. The summed E-state index contributed by atoms with van der Waals surface area (Å²) < 4.78 is 1.93. The van der Waals surface area contributed by atoms with Crippen LogP contribution in [0.3, 0.4) is 0 Å². The predicted octanol–water partition coefficient (Wildman–Crippen LogP) is 2.10. The molecule has 1 aliphatic heterocycles. The summed E-state index contributed by atoms with van der Waals surface area (Å²) in [5, 5.41) is 12.3. The average molecular weight is 314 g/mol. The molecule has 1 aromatic heterocycles. The number of nitrogens with one attached hydrogen (secondary N) is 1. The minimum Gasteiger partial charge on any atom is -0.394 e. The summed E-state index contributed by atoms with van der Waals surface area (Å²) in [6.45, 7) is 2.71. The van der Waals surface area contributed by atoms with Crippen LogP contribution in [0.1, 0.15) is 31.4 Å². The highest BCUT2D eigenvalue weighted by Crippen LogP contribution is 2.19. The summed E-state index contributed by atoms with van der Waals surface area (Å²) in [6.07, 6.45) is 7.21. The Labute approximate surface area is 135 Å². The third-order valence-corrected chi connectivity index (χ3v) is 4.38. The lowest BCUT2D eigenvalue weighted by Gasteiger charge is -2.25. The van der Waals surface area contributed by atoms with Crippen LogP contribution in [-0.2, 0) is 0 Å². The molecule has 2 aromatic rings. The molecule has 0 spiro atoms. The van der Waals surface area contributed by atoms with E-state index in [1.807, 2.05) is 42.0 Å².